The van der Waals surface area contributed by atoms with Gasteiger partial charge in [0.05, 0.1) is 17.9 Å². The summed E-state index contributed by atoms with van der Waals surface area (Å²) in [7, 11) is 0. The van der Waals surface area contributed by atoms with Crippen molar-refractivity contribution in [2.24, 2.45) is 0 Å². The Morgan fingerprint density at radius 3 is 2.85 bits per heavy atom. The summed E-state index contributed by atoms with van der Waals surface area (Å²) in [6.45, 7) is 8.15. The van der Waals surface area contributed by atoms with Gasteiger partial charge in [-0.25, -0.2) is 4.98 Å². The van der Waals surface area contributed by atoms with Crippen LogP contribution in [-0.2, 0) is 19.6 Å². The van der Waals surface area contributed by atoms with E-state index in [2.05, 4.69) is 54.6 Å². The van der Waals surface area contributed by atoms with Crippen LogP contribution >= 0.6 is 12.4 Å². The number of hydrogen-bond donors (Lipinski definition) is 1. The highest BCUT2D eigenvalue weighted by molar-refractivity contribution is 5.85. The molecule has 0 spiro atoms. The third-order valence-corrected chi connectivity index (χ3v) is 5.81. The van der Waals surface area contributed by atoms with Crippen LogP contribution in [0.3, 0.4) is 0 Å². The summed E-state index contributed by atoms with van der Waals surface area (Å²) in [6, 6.07) is 6.20. The maximum absolute atomic E-state index is 4.69. The number of halogens is 1. The molecule has 0 unspecified atom stereocenters. The van der Waals surface area contributed by atoms with E-state index < -0.39 is 0 Å². The second-order valence-electron chi connectivity index (χ2n) is 7.43. The summed E-state index contributed by atoms with van der Waals surface area (Å²) in [5.74, 6) is 2.83. The molecule has 2 aliphatic rings. The fourth-order valence-electron chi connectivity index (χ4n) is 4.33. The molecule has 0 radical (unpaired) electrons. The number of nitrogens with one attached hydrogen (secondary N) is 1. The first-order chi connectivity index (χ1) is 12.8. The number of hydrogen-bond acceptors (Lipinski definition) is 5. The van der Waals surface area contributed by atoms with Gasteiger partial charge in [-0.1, -0.05) is 6.07 Å². The van der Waals surface area contributed by atoms with Crippen LogP contribution in [0.15, 0.2) is 24.4 Å². The molecule has 5 heterocycles. The molecule has 2 aliphatic heterocycles. The summed E-state index contributed by atoms with van der Waals surface area (Å²) in [5, 5.41) is 12.3. The molecule has 5 rings (SSSR count). The molecule has 144 valence electrons. The minimum atomic E-state index is 0. The number of piperidine rings is 1. The topological polar surface area (TPSA) is 63.3 Å². The Hall–Kier alpha value is -1.96. The van der Waals surface area contributed by atoms with Crippen LogP contribution in [0.25, 0.3) is 5.65 Å². The molecular weight excluding hydrogens is 362 g/mol. The number of rotatable bonds is 3. The van der Waals surface area contributed by atoms with Gasteiger partial charge in [-0.05, 0) is 45.0 Å². The number of imidazole rings is 1. The Balaban J connectivity index is 0.00000180. The normalized spacial score (nSPS) is 18.4. The number of aryl methyl sites for hydroxylation is 1. The predicted molar refractivity (Wildman–Crippen MR) is 106 cm³/mol. The van der Waals surface area contributed by atoms with Crippen LogP contribution in [0.4, 0.5) is 0 Å². The van der Waals surface area contributed by atoms with Crippen LogP contribution in [-0.4, -0.2) is 48.7 Å². The van der Waals surface area contributed by atoms with Crippen LogP contribution in [0, 0.1) is 6.92 Å². The highest BCUT2D eigenvalue weighted by Gasteiger charge is 2.27. The molecule has 1 N–H and O–H groups in total. The molecule has 7 nitrogen and oxygen atoms in total. The maximum atomic E-state index is 4.69. The van der Waals surface area contributed by atoms with Gasteiger partial charge in [-0.3, -0.25) is 4.90 Å². The monoisotopic (exact) mass is 387 g/mol. The van der Waals surface area contributed by atoms with Gasteiger partial charge in [0, 0.05) is 31.7 Å². The van der Waals surface area contributed by atoms with Crippen molar-refractivity contribution >= 4 is 18.1 Å². The smallest absolute Gasteiger partial charge is 0.147 e. The number of nitrogens with zero attached hydrogens (tertiary/aromatic N) is 6. The summed E-state index contributed by atoms with van der Waals surface area (Å²) in [6.07, 6.45) is 4.43. The molecule has 0 saturated carbocycles. The lowest BCUT2D eigenvalue weighted by molar-refractivity contribution is 0.196. The fourth-order valence-corrected chi connectivity index (χ4v) is 4.33. The van der Waals surface area contributed by atoms with Crippen molar-refractivity contribution in [3.63, 3.8) is 0 Å². The highest BCUT2D eigenvalue weighted by Crippen LogP contribution is 2.29. The van der Waals surface area contributed by atoms with E-state index in [4.69, 9.17) is 4.98 Å². The molecule has 1 saturated heterocycles. The Morgan fingerprint density at radius 2 is 2.00 bits per heavy atom. The van der Waals surface area contributed by atoms with Crippen LogP contribution in [0.1, 0.15) is 41.8 Å². The predicted octanol–water partition coefficient (Wildman–Crippen LogP) is 2.14. The van der Waals surface area contributed by atoms with Crippen LogP contribution < -0.4 is 5.32 Å². The minimum absolute atomic E-state index is 0. The quantitative estimate of drug-likeness (QED) is 0.746. The van der Waals surface area contributed by atoms with E-state index >= 15 is 0 Å². The molecule has 3 aromatic heterocycles. The first kappa shape index (κ1) is 18.4. The zero-order chi connectivity index (χ0) is 17.5. The van der Waals surface area contributed by atoms with E-state index in [0.717, 1.165) is 69.3 Å². The molecule has 0 aliphatic carbocycles. The van der Waals surface area contributed by atoms with Gasteiger partial charge in [-0.2, -0.15) is 0 Å². The Bertz CT molecular complexity index is 923. The minimum Gasteiger partial charge on any atom is -0.312 e. The summed E-state index contributed by atoms with van der Waals surface area (Å²) in [4.78, 5) is 7.24. The van der Waals surface area contributed by atoms with Gasteiger partial charge in [0.2, 0.25) is 0 Å². The molecule has 3 aromatic rings. The van der Waals surface area contributed by atoms with Gasteiger partial charge >= 0.3 is 0 Å². The number of aromatic nitrogens is 5. The molecular formula is C19H26ClN7. The van der Waals surface area contributed by atoms with Gasteiger partial charge in [-0.15, -0.1) is 22.6 Å². The van der Waals surface area contributed by atoms with Gasteiger partial charge in [0.25, 0.3) is 0 Å². The molecule has 0 bridgehead atoms. The van der Waals surface area contributed by atoms with Crippen molar-refractivity contribution in [1.82, 2.24) is 34.4 Å². The lowest BCUT2D eigenvalue weighted by Gasteiger charge is -2.32. The molecule has 8 heteroatoms. The Kier molecular flexibility index (Phi) is 5.16. The van der Waals surface area contributed by atoms with Gasteiger partial charge in [0.15, 0.2) is 0 Å². The molecule has 0 aromatic carbocycles. The third kappa shape index (κ3) is 3.35. The molecule has 27 heavy (non-hydrogen) atoms. The standard InChI is InChI=1S/C19H25N7.ClH/c1-14-16(25-8-3-2-4-17(25)21-14)13-24-9-5-15(6-10-24)19-23-22-18-12-20-7-11-26(18)19;/h2-4,8,15,20H,5-7,9-13H2,1H3;1H. The average molecular weight is 388 g/mol. The Morgan fingerprint density at radius 1 is 1.15 bits per heavy atom. The first-order valence-corrected chi connectivity index (χ1v) is 9.57. The molecule has 1 fully saturated rings. The second-order valence-corrected chi connectivity index (χ2v) is 7.43. The number of pyridine rings is 1. The van der Waals surface area contributed by atoms with Crippen molar-refractivity contribution in [2.45, 2.75) is 45.3 Å². The largest absolute Gasteiger partial charge is 0.312 e. The Labute approximate surface area is 165 Å². The van der Waals surface area contributed by atoms with E-state index in [1.54, 1.807) is 0 Å². The van der Waals surface area contributed by atoms with Gasteiger partial charge in [0.1, 0.15) is 17.3 Å². The second kappa shape index (κ2) is 7.58. The average Bonchev–Trinajstić information content (AvgIpc) is 3.24. The lowest BCUT2D eigenvalue weighted by atomic mass is 9.95. The summed E-state index contributed by atoms with van der Waals surface area (Å²) >= 11 is 0. The van der Waals surface area contributed by atoms with Crippen molar-refractivity contribution < 1.29 is 0 Å². The maximum Gasteiger partial charge on any atom is 0.147 e. The first-order valence-electron chi connectivity index (χ1n) is 9.57. The van der Waals surface area contributed by atoms with Crippen LogP contribution in [0.2, 0.25) is 0 Å². The lowest BCUT2D eigenvalue weighted by Crippen LogP contribution is -2.35. The van der Waals surface area contributed by atoms with Crippen molar-refractivity contribution in [3.05, 3.63) is 47.4 Å². The van der Waals surface area contributed by atoms with E-state index in [1.165, 1.54) is 11.5 Å². The van der Waals surface area contributed by atoms with E-state index in [-0.39, 0.29) is 12.4 Å². The van der Waals surface area contributed by atoms with Gasteiger partial charge < -0.3 is 14.3 Å². The summed E-state index contributed by atoms with van der Waals surface area (Å²) in [5.41, 5.74) is 3.49. The van der Waals surface area contributed by atoms with Crippen molar-refractivity contribution in [3.8, 4) is 0 Å². The van der Waals surface area contributed by atoms with Crippen LogP contribution in [0.5, 0.6) is 0 Å². The van der Waals surface area contributed by atoms with Crippen molar-refractivity contribution in [1.29, 1.82) is 0 Å². The SMILES string of the molecule is Cc1nc2ccccn2c1CN1CCC(c2nnc3n2CCNC3)CC1.Cl. The van der Waals surface area contributed by atoms with E-state index in [9.17, 15) is 0 Å². The highest BCUT2D eigenvalue weighted by atomic mass is 35.5. The molecule has 0 amide bonds. The van der Waals surface area contributed by atoms with Crippen molar-refractivity contribution in [2.75, 3.05) is 19.6 Å². The zero-order valence-electron chi connectivity index (χ0n) is 15.6. The number of likely N-dealkylation sites (tertiary alicyclic amines) is 1. The fraction of sp³-hybridized carbons (Fsp3) is 0.526. The third-order valence-electron chi connectivity index (χ3n) is 5.81. The summed E-state index contributed by atoms with van der Waals surface area (Å²) < 4.78 is 4.56. The number of fused-ring (bicyclic) bond motifs is 2. The molecule has 0 atom stereocenters. The van der Waals surface area contributed by atoms with E-state index in [1.807, 2.05) is 6.07 Å². The zero-order valence-corrected chi connectivity index (χ0v) is 16.5. The van der Waals surface area contributed by atoms with E-state index in [0.29, 0.717) is 5.92 Å².